The highest BCUT2D eigenvalue weighted by molar-refractivity contribution is 5.76. The first-order chi connectivity index (χ1) is 13.5. The normalized spacial score (nSPS) is 13.6. The Hall–Kier alpha value is -3.03. The first-order valence-corrected chi connectivity index (χ1v) is 9.45. The van der Waals surface area contributed by atoms with Gasteiger partial charge < -0.3 is 9.47 Å². The summed E-state index contributed by atoms with van der Waals surface area (Å²) in [6, 6.07) is 6.52. The molecule has 4 rings (SSSR count). The lowest BCUT2D eigenvalue weighted by Gasteiger charge is -2.28. The minimum Gasteiger partial charge on any atom is -0.333 e. The second-order valence-electron chi connectivity index (χ2n) is 7.22. The number of rotatable bonds is 5. The molecule has 0 radical (unpaired) electrons. The number of nitrogens with one attached hydrogen (secondary N) is 1. The molecular weight excluding hydrogens is 359 g/mol. The van der Waals surface area contributed by atoms with Crippen LogP contribution in [0.3, 0.4) is 0 Å². The number of aryl methyl sites for hydroxylation is 2. The van der Waals surface area contributed by atoms with E-state index in [2.05, 4.69) is 20.4 Å². The number of H-pyrrole nitrogens is 1. The molecule has 0 unspecified atom stereocenters. The number of nitrogens with zero attached hydrogens (tertiary/aromatic N) is 5. The molecule has 1 aliphatic heterocycles. The summed E-state index contributed by atoms with van der Waals surface area (Å²) in [4.78, 5) is 14.5. The summed E-state index contributed by atoms with van der Waals surface area (Å²) in [5.41, 5.74) is 3.95. The molecule has 0 fully saturated rings. The summed E-state index contributed by atoms with van der Waals surface area (Å²) in [6.07, 6.45) is 1.66. The van der Waals surface area contributed by atoms with Crippen molar-refractivity contribution in [1.82, 2.24) is 29.9 Å². The summed E-state index contributed by atoms with van der Waals surface area (Å²) in [7, 11) is 0. The second-order valence-corrected chi connectivity index (χ2v) is 7.22. The maximum atomic E-state index is 13.4. The molecule has 0 aliphatic carbocycles. The summed E-state index contributed by atoms with van der Waals surface area (Å²) in [5.74, 6) is 1.44. The first-order valence-electron chi connectivity index (χ1n) is 9.45. The van der Waals surface area contributed by atoms with E-state index in [-0.39, 0.29) is 11.7 Å². The molecular formula is C20H23FN6O. The van der Waals surface area contributed by atoms with Gasteiger partial charge in [-0.1, -0.05) is 12.1 Å². The lowest BCUT2D eigenvalue weighted by atomic mass is 10.1. The van der Waals surface area contributed by atoms with Crippen LogP contribution in [0.15, 0.2) is 24.3 Å². The van der Waals surface area contributed by atoms with E-state index in [9.17, 15) is 9.18 Å². The Morgan fingerprint density at radius 2 is 2.11 bits per heavy atom. The summed E-state index contributed by atoms with van der Waals surface area (Å²) >= 11 is 0. The van der Waals surface area contributed by atoms with Crippen molar-refractivity contribution in [1.29, 1.82) is 0 Å². The fourth-order valence-electron chi connectivity index (χ4n) is 3.72. The van der Waals surface area contributed by atoms with Gasteiger partial charge in [0.05, 0.1) is 12.2 Å². The van der Waals surface area contributed by atoms with Crippen LogP contribution >= 0.6 is 0 Å². The number of fused-ring (bicyclic) bond motifs is 1. The zero-order valence-corrected chi connectivity index (χ0v) is 16.1. The zero-order chi connectivity index (χ0) is 19.7. The van der Waals surface area contributed by atoms with Crippen LogP contribution in [-0.2, 0) is 30.7 Å². The Kier molecular flexibility index (Phi) is 4.93. The van der Waals surface area contributed by atoms with Crippen LogP contribution in [-0.4, -0.2) is 42.3 Å². The molecule has 0 atom stereocenters. The number of carbonyl (C=O) groups is 1. The summed E-state index contributed by atoms with van der Waals surface area (Å²) in [5, 5.41) is 15.7. The van der Waals surface area contributed by atoms with Crippen molar-refractivity contribution in [3.8, 4) is 0 Å². The van der Waals surface area contributed by atoms with Gasteiger partial charge in [-0.25, -0.2) is 4.39 Å². The summed E-state index contributed by atoms with van der Waals surface area (Å²) in [6.45, 7) is 5.67. The smallest absolute Gasteiger partial charge is 0.223 e. The standard InChI is InChI=1S/C20H23FN6O/c1-13-17(14(2)23-22-13)6-7-20(28)26-8-9-27-18(24-25-19(27)12-26)11-15-4-3-5-16(21)10-15/h3-5,10H,6-9,11-12H2,1-2H3,(H,22,23). The Morgan fingerprint density at radius 3 is 2.86 bits per heavy atom. The molecule has 2 aromatic heterocycles. The van der Waals surface area contributed by atoms with Crippen molar-refractivity contribution in [3.05, 3.63) is 64.2 Å². The van der Waals surface area contributed by atoms with Crippen LogP contribution in [0.25, 0.3) is 0 Å². The van der Waals surface area contributed by atoms with Gasteiger partial charge in [-0.15, -0.1) is 10.2 Å². The highest BCUT2D eigenvalue weighted by atomic mass is 19.1. The lowest BCUT2D eigenvalue weighted by molar-refractivity contribution is -0.132. The lowest BCUT2D eigenvalue weighted by Crippen LogP contribution is -2.39. The highest BCUT2D eigenvalue weighted by Crippen LogP contribution is 2.18. The number of carbonyl (C=O) groups excluding carboxylic acids is 1. The van der Waals surface area contributed by atoms with E-state index in [0.717, 1.165) is 34.2 Å². The molecule has 1 N–H and O–H groups in total. The van der Waals surface area contributed by atoms with Crippen molar-refractivity contribution in [2.24, 2.45) is 0 Å². The SMILES string of the molecule is Cc1n[nH]c(C)c1CCC(=O)N1CCn2c(Cc3cccc(F)c3)nnc2C1. The fraction of sp³-hybridized carbons (Fsp3) is 0.400. The van der Waals surface area contributed by atoms with E-state index in [1.54, 1.807) is 6.07 Å². The van der Waals surface area contributed by atoms with Crippen molar-refractivity contribution in [2.45, 2.75) is 46.2 Å². The average molecular weight is 382 g/mol. The number of hydrogen-bond donors (Lipinski definition) is 1. The van der Waals surface area contributed by atoms with E-state index < -0.39 is 0 Å². The molecule has 0 saturated heterocycles. The van der Waals surface area contributed by atoms with E-state index >= 15 is 0 Å². The predicted molar refractivity (Wildman–Crippen MR) is 101 cm³/mol. The van der Waals surface area contributed by atoms with Crippen molar-refractivity contribution in [3.63, 3.8) is 0 Å². The van der Waals surface area contributed by atoms with Crippen LogP contribution in [0.4, 0.5) is 4.39 Å². The quantitative estimate of drug-likeness (QED) is 0.734. The molecule has 1 aliphatic rings. The topological polar surface area (TPSA) is 79.7 Å². The highest BCUT2D eigenvalue weighted by Gasteiger charge is 2.24. The van der Waals surface area contributed by atoms with Gasteiger partial charge in [0.15, 0.2) is 5.82 Å². The van der Waals surface area contributed by atoms with Gasteiger partial charge >= 0.3 is 0 Å². The Balaban J connectivity index is 1.40. The number of aromatic amines is 1. The maximum absolute atomic E-state index is 13.4. The zero-order valence-electron chi connectivity index (χ0n) is 16.1. The third-order valence-electron chi connectivity index (χ3n) is 5.30. The van der Waals surface area contributed by atoms with Crippen molar-refractivity contribution < 1.29 is 9.18 Å². The third-order valence-corrected chi connectivity index (χ3v) is 5.30. The monoisotopic (exact) mass is 382 g/mol. The van der Waals surface area contributed by atoms with Crippen LogP contribution in [0.2, 0.25) is 0 Å². The largest absolute Gasteiger partial charge is 0.333 e. The van der Waals surface area contributed by atoms with Crippen LogP contribution < -0.4 is 0 Å². The first kappa shape index (κ1) is 18.3. The number of aromatic nitrogens is 5. The Bertz CT molecular complexity index is 989. The minimum atomic E-state index is -0.254. The Morgan fingerprint density at radius 1 is 1.25 bits per heavy atom. The maximum Gasteiger partial charge on any atom is 0.223 e. The number of amides is 1. The van der Waals surface area contributed by atoms with E-state index in [0.29, 0.717) is 38.9 Å². The molecule has 1 aromatic carbocycles. The van der Waals surface area contributed by atoms with Gasteiger partial charge in [-0.3, -0.25) is 9.89 Å². The van der Waals surface area contributed by atoms with Gasteiger partial charge in [0.2, 0.25) is 5.91 Å². The van der Waals surface area contributed by atoms with Crippen molar-refractivity contribution in [2.75, 3.05) is 6.54 Å². The molecule has 3 heterocycles. The third kappa shape index (κ3) is 3.67. The molecule has 1 amide bonds. The van der Waals surface area contributed by atoms with Crippen LogP contribution in [0.5, 0.6) is 0 Å². The summed E-state index contributed by atoms with van der Waals surface area (Å²) < 4.78 is 15.4. The molecule has 8 heteroatoms. The van der Waals surface area contributed by atoms with Gasteiger partial charge in [0, 0.05) is 31.6 Å². The predicted octanol–water partition coefficient (Wildman–Crippen LogP) is 2.32. The molecule has 7 nitrogen and oxygen atoms in total. The molecule has 28 heavy (non-hydrogen) atoms. The fourth-order valence-corrected chi connectivity index (χ4v) is 3.72. The van der Waals surface area contributed by atoms with Gasteiger partial charge in [0.25, 0.3) is 0 Å². The van der Waals surface area contributed by atoms with Gasteiger partial charge in [0.1, 0.15) is 11.6 Å². The van der Waals surface area contributed by atoms with E-state index in [4.69, 9.17) is 0 Å². The molecule has 0 saturated carbocycles. The Labute approximate surface area is 162 Å². The molecule has 146 valence electrons. The van der Waals surface area contributed by atoms with Crippen LogP contribution in [0.1, 0.15) is 40.6 Å². The van der Waals surface area contributed by atoms with Crippen LogP contribution in [0, 0.1) is 19.7 Å². The van der Waals surface area contributed by atoms with E-state index in [1.165, 1.54) is 12.1 Å². The van der Waals surface area contributed by atoms with Crippen molar-refractivity contribution >= 4 is 5.91 Å². The van der Waals surface area contributed by atoms with Gasteiger partial charge in [-0.2, -0.15) is 5.10 Å². The number of benzene rings is 1. The minimum absolute atomic E-state index is 0.112. The number of halogens is 1. The second kappa shape index (κ2) is 7.53. The molecule has 0 bridgehead atoms. The van der Waals surface area contributed by atoms with Gasteiger partial charge in [-0.05, 0) is 43.5 Å². The number of hydrogen-bond acceptors (Lipinski definition) is 4. The average Bonchev–Trinajstić information content (AvgIpc) is 3.22. The molecule has 3 aromatic rings. The van der Waals surface area contributed by atoms with E-state index in [1.807, 2.05) is 29.4 Å². The molecule has 0 spiro atoms.